The summed E-state index contributed by atoms with van der Waals surface area (Å²) in [5.41, 5.74) is 1.46. The molecule has 0 aromatic heterocycles. The Labute approximate surface area is 102 Å². The summed E-state index contributed by atoms with van der Waals surface area (Å²) in [7, 11) is 0. The smallest absolute Gasteiger partial charge is 0.00647 e. The molecule has 1 rings (SSSR count). The Hall–Kier alpha value is -0.300. The Morgan fingerprint density at radius 3 is 2.13 bits per heavy atom. The van der Waals surface area contributed by atoms with Crippen LogP contribution in [0.1, 0.15) is 26.3 Å². The van der Waals surface area contributed by atoms with Crippen LogP contribution in [0.2, 0.25) is 0 Å². The lowest BCUT2D eigenvalue weighted by Crippen LogP contribution is -2.21. The van der Waals surface area contributed by atoms with Gasteiger partial charge in [0.1, 0.15) is 0 Å². The minimum Gasteiger partial charge on any atom is -0.0925 e. The van der Waals surface area contributed by atoms with Gasteiger partial charge in [0.15, 0.2) is 0 Å². The number of benzene rings is 1. The molecule has 15 heavy (non-hydrogen) atoms. The first-order valence-corrected chi connectivity index (χ1v) is 6.87. The lowest BCUT2D eigenvalue weighted by Gasteiger charge is -2.25. The zero-order chi connectivity index (χ0) is 11.3. The predicted molar refractivity (Wildman–Crippen MR) is 71.4 cm³/mol. The van der Waals surface area contributed by atoms with Gasteiger partial charge in [-0.25, -0.2) is 0 Å². The molecule has 0 bridgehead atoms. The monoisotopic (exact) mass is 268 g/mol. The van der Waals surface area contributed by atoms with Gasteiger partial charge in [-0.2, -0.15) is 0 Å². The summed E-state index contributed by atoms with van der Waals surface area (Å²) in [6.07, 6.45) is 1.19. The van der Waals surface area contributed by atoms with Crippen molar-refractivity contribution < 1.29 is 0 Å². The third-order valence-electron chi connectivity index (χ3n) is 3.17. The van der Waals surface area contributed by atoms with Crippen LogP contribution in [0.15, 0.2) is 30.3 Å². The molecule has 1 aromatic rings. The zero-order valence-electron chi connectivity index (χ0n) is 9.91. The van der Waals surface area contributed by atoms with Gasteiger partial charge in [0.2, 0.25) is 0 Å². The molecule has 0 heterocycles. The number of hydrogen-bond donors (Lipinski definition) is 0. The number of hydrogen-bond acceptors (Lipinski definition) is 0. The molecule has 0 spiro atoms. The summed E-state index contributed by atoms with van der Waals surface area (Å²) in [5, 5.41) is 1.11. The van der Waals surface area contributed by atoms with Crippen molar-refractivity contribution in [2.75, 3.05) is 5.33 Å². The molecule has 0 saturated carbocycles. The Bertz CT molecular complexity index is 266. The largest absolute Gasteiger partial charge is 0.0925 e. The quantitative estimate of drug-likeness (QED) is 0.689. The molecule has 0 nitrogen and oxygen atoms in total. The number of rotatable bonds is 5. The molecule has 1 unspecified atom stereocenters. The van der Waals surface area contributed by atoms with Gasteiger partial charge in [0.05, 0.1) is 0 Å². The van der Waals surface area contributed by atoms with Crippen LogP contribution in [-0.4, -0.2) is 5.33 Å². The van der Waals surface area contributed by atoms with Gasteiger partial charge in [-0.05, 0) is 29.7 Å². The maximum atomic E-state index is 3.63. The minimum absolute atomic E-state index is 0.742. The number of halogens is 1. The van der Waals surface area contributed by atoms with Crippen LogP contribution in [0.25, 0.3) is 0 Å². The van der Waals surface area contributed by atoms with Crippen LogP contribution in [0.5, 0.6) is 0 Å². The molecule has 2 atom stereocenters. The van der Waals surface area contributed by atoms with Crippen molar-refractivity contribution in [1.82, 2.24) is 0 Å². The van der Waals surface area contributed by atoms with Crippen molar-refractivity contribution in [2.45, 2.75) is 27.2 Å². The predicted octanol–water partition coefficient (Wildman–Crippen LogP) is 4.53. The lowest BCUT2D eigenvalue weighted by molar-refractivity contribution is 0.302. The summed E-state index contributed by atoms with van der Waals surface area (Å²) in [6, 6.07) is 10.8. The van der Waals surface area contributed by atoms with Crippen LogP contribution in [-0.2, 0) is 6.42 Å². The highest BCUT2D eigenvalue weighted by molar-refractivity contribution is 9.09. The molecule has 0 N–H and O–H groups in total. The van der Waals surface area contributed by atoms with Crippen LogP contribution < -0.4 is 0 Å². The highest BCUT2D eigenvalue weighted by Crippen LogP contribution is 2.25. The highest BCUT2D eigenvalue weighted by atomic mass is 79.9. The van der Waals surface area contributed by atoms with Gasteiger partial charge in [0.25, 0.3) is 0 Å². The van der Waals surface area contributed by atoms with Crippen molar-refractivity contribution >= 4 is 15.9 Å². The maximum Gasteiger partial charge on any atom is 0.00647 e. The van der Waals surface area contributed by atoms with E-state index in [4.69, 9.17) is 0 Å². The van der Waals surface area contributed by atoms with Crippen molar-refractivity contribution in [2.24, 2.45) is 17.8 Å². The third-order valence-corrected chi connectivity index (χ3v) is 3.91. The molecule has 0 aliphatic heterocycles. The minimum atomic E-state index is 0.742. The summed E-state index contributed by atoms with van der Waals surface area (Å²) in [5.74, 6) is 2.26. The lowest BCUT2D eigenvalue weighted by atomic mass is 9.82. The van der Waals surface area contributed by atoms with E-state index in [2.05, 4.69) is 67.0 Å². The molecule has 1 heteroatoms. The molecular formula is C14H21Br. The van der Waals surface area contributed by atoms with E-state index in [0.717, 1.165) is 23.1 Å². The fourth-order valence-corrected chi connectivity index (χ4v) is 3.51. The first-order valence-electron chi connectivity index (χ1n) is 5.75. The van der Waals surface area contributed by atoms with E-state index < -0.39 is 0 Å². The molecule has 0 saturated heterocycles. The van der Waals surface area contributed by atoms with Gasteiger partial charge < -0.3 is 0 Å². The van der Waals surface area contributed by atoms with Crippen LogP contribution in [0.4, 0.5) is 0 Å². The topological polar surface area (TPSA) is 0 Å². The first kappa shape index (κ1) is 12.8. The first-order chi connectivity index (χ1) is 7.15. The van der Waals surface area contributed by atoms with Crippen molar-refractivity contribution in [3.8, 4) is 0 Å². The molecule has 0 fully saturated rings. The normalized spacial score (nSPS) is 15.3. The Kier molecular flexibility index (Phi) is 5.38. The maximum absolute atomic E-state index is 3.63. The van der Waals surface area contributed by atoms with E-state index in [1.807, 2.05) is 0 Å². The SMILES string of the molecule is CC(C)[C@@H](CBr)C(C)Cc1ccccc1. The van der Waals surface area contributed by atoms with Crippen molar-refractivity contribution in [3.63, 3.8) is 0 Å². The van der Waals surface area contributed by atoms with E-state index in [9.17, 15) is 0 Å². The number of alkyl halides is 1. The average Bonchev–Trinajstić information content (AvgIpc) is 2.19. The van der Waals surface area contributed by atoms with E-state index >= 15 is 0 Å². The molecule has 84 valence electrons. The Morgan fingerprint density at radius 2 is 1.67 bits per heavy atom. The fraction of sp³-hybridized carbons (Fsp3) is 0.571. The van der Waals surface area contributed by atoms with Gasteiger partial charge in [-0.1, -0.05) is 67.0 Å². The molecule has 0 amide bonds. The Balaban J connectivity index is 2.58. The van der Waals surface area contributed by atoms with E-state index in [1.165, 1.54) is 12.0 Å². The van der Waals surface area contributed by atoms with Crippen LogP contribution in [0.3, 0.4) is 0 Å². The fourth-order valence-electron chi connectivity index (χ4n) is 2.12. The molecular weight excluding hydrogens is 248 g/mol. The van der Waals surface area contributed by atoms with Crippen LogP contribution in [0, 0.1) is 17.8 Å². The second kappa shape index (κ2) is 6.32. The van der Waals surface area contributed by atoms with Gasteiger partial charge >= 0.3 is 0 Å². The summed E-state index contributed by atoms with van der Waals surface area (Å²) in [6.45, 7) is 6.99. The second-order valence-corrected chi connectivity index (χ2v) is 5.38. The third kappa shape index (κ3) is 3.98. The van der Waals surface area contributed by atoms with E-state index in [-0.39, 0.29) is 0 Å². The summed E-state index contributed by atoms with van der Waals surface area (Å²) < 4.78 is 0. The van der Waals surface area contributed by atoms with Gasteiger partial charge in [-0.15, -0.1) is 0 Å². The molecule has 1 aromatic carbocycles. The summed E-state index contributed by atoms with van der Waals surface area (Å²) in [4.78, 5) is 0. The molecule has 0 aliphatic rings. The average molecular weight is 269 g/mol. The molecule has 0 aliphatic carbocycles. The Morgan fingerprint density at radius 1 is 1.07 bits per heavy atom. The van der Waals surface area contributed by atoms with E-state index in [0.29, 0.717) is 0 Å². The molecule has 0 radical (unpaired) electrons. The zero-order valence-corrected chi connectivity index (χ0v) is 11.5. The van der Waals surface area contributed by atoms with Crippen LogP contribution >= 0.6 is 15.9 Å². The highest BCUT2D eigenvalue weighted by Gasteiger charge is 2.19. The van der Waals surface area contributed by atoms with E-state index in [1.54, 1.807) is 0 Å². The second-order valence-electron chi connectivity index (χ2n) is 4.73. The summed E-state index contributed by atoms with van der Waals surface area (Å²) >= 11 is 3.63. The van der Waals surface area contributed by atoms with Crippen molar-refractivity contribution in [1.29, 1.82) is 0 Å². The van der Waals surface area contributed by atoms with Gasteiger partial charge in [0, 0.05) is 5.33 Å². The van der Waals surface area contributed by atoms with Gasteiger partial charge in [-0.3, -0.25) is 0 Å². The van der Waals surface area contributed by atoms with Crippen molar-refractivity contribution in [3.05, 3.63) is 35.9 Å². The standard InChI is InChI=1S/C14H21Br/c1-11(2)14(10-15)12(3)9-13-7-5-4-6-8-13/h4-8,11-12,14H,9-10H2,1-3H3/t12?,14-/m1/s1.